The number of hydrogen-bond acceptors (Lipinski definition) is 5. The van der Waals surface area contributed by atoms with Crippen LogP contribution in [0.5, 0.6) is 5.88 Å². The second-order valence-electron chi connectivity index (χ2n) is 7.13. The zero-order chi connectivity index (χ0) is 22.6. The number of benzene rings is 1. The first-order valence-corrected chi connectivity index (χ1v) is 9.65. The summed E-state index contributed by atoms with van der Waals surface area (Å²) < 4.78 is 47.7. The smallest absolute Gasteiger partial charge is 0.416 e. The molecule has 0 saturated carbocycles. The number of nitrogens with two attached hydrogens (primary N) is 1. The van der Waals surface area contributed by atoms with Gasteiger partial charge in [0.15, 0.2) is 0 Å². The van der Waals surface area contributed by atoms with E-state index < -0.39 is 17.6 Å². The molecule has 3 aromatic rings. The molecule has 0 radical (unpaired) electrons. The molecule has 1 aliphatic rings. The minimum Gasteiger partial charge on any atom is -0.481 e. The van der Waals surface area contributed by atoms with Crippen LogP contribution in [0.15, 0.2) is 40.9 Å². The molecule has 1 aliphatic carbocycles. The maximum atomic E-state index is 12.3. The van der Waals surface area contributed by atoms with Gasteiger partial charge < -0.3 is 14.9 Å². The van der Waals surface area contributed by atoms with E-state index in [1.807, 2.05) is 12.1 Å². The first-order valence-electron chi connectivity index (χ1n) is 9.65. The Morgan fingerprint density at radius 1 is 1.16 bits per heavy atom. The van der Waals surface area contributed by atoms with E-state index in [-0.39, 0.29) is 5.56 Å². The van der Waals surface area contributed by atoms with Gasteiger partial charge in [-0.3, -0.25) is 4.79 Å². The third-order valence-corrected chi connectivity index (χ3v) is 4.73. The van der Waals surface area contributed by atoms with Crippen molar-refractivity contribution in [3.05, 3.63) is 64.7 Å². The Kier molecular flexibility index (Phi) is 6.62. The van der Waals surface area contributed by atoms with Crippen LogP contribution in [-0.4, -0.2) is 23.0 Å². The van der Waals surface area contributed by atoms with Crippen LogP contribution in [0.25, 0.3) is 11.5 Å². The van der Waals surface area contributed by atoms with Gasteiger partial charge in [0.1, 0.15) is 5.76 Å². The highest BCUT2D eigenvalue weighted by Crippen LogP contribution is 2.30. The number of fused-ring (bicyclic) bond motifs is 1. The fourth-order valence-electron chi connectivity index (χ4n) is 3.22. The Bertz CT molecular complexity index is 1050. The predicted octanol–water partition coefficient (Wildman–Crippen LogP) is 4.74. The van der Waals surface area contributed by atoms with E-state index >= 15 is 0 Å². The number of primary amides is 1. The molecule has 0 saturated heterocycles. The SMILES string of the molecule is COc1cc(-c2nc3c(o2)CCCC3)ccn1.Cc1cc(C(N)=O)cc(C(F)(F)F)c1. The highest BCUT2D eigenvalue weighted by molar-refractivity contribution is 5.93. The zero-order valence-corrected chi connectivity index (χ0v) is 17.1. The molecule has 2 N–H and O–H groups in total. The van der Waals surface area contributed by atoms with Crippen LogP contribution in [0, 0.1) is 6.92 Å². The van der Waals surface area contributed by atoms with E-state index in [2.05, 4.69) is 9.97 Å². The van der Waals surface area contributed by atoms with Gasteiger partial charge in [-0.1, -0.05) is 0 Å². The number of amides is 1. The Labute approximate surface area is 177 Å². The summed E-state index contributed by atoms with van der Waals surface area (Å²) in [5, 5.41) is 0. The molecule has 9 heteroatoms. The zero-order valence-electron chi connectivity index (χ0n) is 17.1. The third kappa shape index (κ3) is 5.62. The number of aromatic nitrogens is 2. The van der Waals surface area contributed by atoms with Crippen LogP contribution in [0.4, 0.5) is 13.2 Å². The van der Waals surface area contributed by atoms with Crippen LogP contribution in [0.1, 0.15) is 45.8 Å². The van der Waals surface area contributed by atoms with Crippen LogP contribution in [0.2, 0.25) is 0 Å². The number of ether oxygens (including phenoxy) is 1. The number of aryl methyl sites for hydroxylation is 3. The van der Waals surface area contributed by atoms with Crippen molar-refractivity contribution < 1.29 is 27.1 Å². The number of nitrogens with zero attached hydrogens (tertiary/aromatic N) is 2. The van der Waals surface area contributed by atoms with Gasteiger partial charge in [0.2, 0.25) is 17.7 Å². The number of methoxy groups -OCH3 is 1. The molecule has 0 spiro atoms. The fourth-order valence-corrected chi connectivity index (χ4v) is 3.22. The summed E-state index contributed by atoms with van der Waals surface area (Å²) in [5.74, 6) is 1.44. The average molecular weight is 433 g/mol. The van der Waals surface area contributed by atoms with Crippen molar-refractivity contribution in [3.8, 4) is 17.3 Å². The van der Waals surface area contributed by atoms with Gasteiger partial charge in [-0.25, -0.2) is 9.97 Å². The summed E-state index contributed by atoms with van der Waals surface area (Å²) in [6.07, 6.45) is 1.69. The molecule has 2 heterocycles. The summed E-state index contributed by atoms with van der Waals surface area (Å²) in [7, 11) is 1.60. The van der Waals surface area contributed by atoms with Crippen LogP contribution in [0.3, 0.4) is 0 Å². The van der Waals surface area contributed by atoms with Crippen molar-refractivity contribution in [2.45, 2.75) is 38.8 Å². The maximum absolute atomic E-state index is 12.3. The van der Waals surface area contributed by atoms with Crippen LogP contribution in [-0.2, 0) is 19.0 Å². The van der Waals surface area contributed by atoms with Gasteiger partial charge >= 0.3 is 6.18 Å². The van der Waals surface area contributed by atoms with Gasteiger partial charge in [0, 0.05) is 29.8 Å². The molecule has 164 valence electrons. The molecule has 0 atom stereocenters. The maximum Gasteiger partial charge on any atom is 0.416 e. The molecule has 6 nitrogen and oxygen atoms in total. The van der Waals surface area contributed by atoms with Crippen molar-refractivity contribution in [1.29, 1.82) is 0 Å². The van der Waals surface area contributed by atoms with Crippen molar-refractivity contribution in [2.24, 2.45) is 5.73 Å². The molecule has 0 unspecified atom stereocenters. The van der Waals surface area contributed by atoms with E-state index in [0.29, 0.717) is 17.3 Å². The lowest BCUT2D eigenvalue weighted by atomic mass is 10.0. The minimum atomic E-state index is -4.45. The molecular weight excluding hydrogens is 411 g/mol. The lowest BCUT2D eigenvalue weighted by Crippen LogP contribution is -2.14. The molecule has 4 rings (SSSR count). The number of hydrogen-bond donors (Lipinski definition) is 1. The monoisotopic (exact) mass is 433 g/mol. The Morgan fingerprint density at radius 3 is 2.55 bits per heavy atom. The first-order chi connectivity index (χ1) is 14.7. The number of rotatable bonds is 3. The number of pyridine rings is 1. The van der Waals surface area contributed by atoms with E-state index in [0.717, 1.165) is 42.0 Å². The Morgan fingerprint density at radius 2 is 1.90 bits per heavy atom. The summed E-state index contributed by atoms with van der Waals surface area (Å²) >= 11 is 0. The Balaban J connectivity index is 0.000000180. The van der Waals surface area contributed by atoms with Gasteiger partial charge in [-0.05, 0) is 56.0 Å². The second kappa shape index (κ2) is 9.20. The standard InChI is InChI=1S/C13H14N2O2.C9H8F3NO/c1-16-12-8-9(6-7-14-12)13-15-10-4-2-3-5-11(10)17-13;1-5-2-6(8(13)14)4-7(3-5)9(10,11)12/h6-8H,2-5H2,1H3;2-4H,1H3,(H2,13,14). The number of alkyl halides is 3. The van der Waals surface area contributed by atoms with Gasteiger partial charge in [-0.15, -0.1) is 0 Å². The number of carbonyl (C=O) groups is 1. The topological polar surface area (TPSA) is 91.2 Å². The van der Waals surface area contributed by atoms with Crippen molar-refractivity contribution >= 4 is 5.91 Å². The highest BCUT2D eigenvalue weighted by Gasteiger charge is 2.31. The highest BCUT2D eigenvalue weighted by atomic mass is 19.4. The summed E-state index contributed by atoms with van der Waals surface area (Å²) in [5.41, 5.74) is 6.30. The lowest BCUT2D eigenvalue weighted by Gasteiger charge is -2.08. The normalized spacial score (nSPS) is 13.1. The molecule has 1 aromatic carbocycles. The fraction of sp³-hybridized carbons (Fsp3) is 0.318. The number of carbonyl (C=O) groups excluding carboxylic acids is 1. The molecule has 31 heavy (non-hydrogen) atoms. The summed E-state index contributed by atoms with van der Waals surface area (Å²) in [6, 6.07) is 6.76. The molecular formula is C22H22F3N3O3. The third-order valence-electron chi connectivity index (χ3n) is 4.73. The van der Waals surface area contributed by atoms with Gasteiger partial charge in [-0.2, -0.15) is 13.2 Å². The minimum absolute atomic E-state index is 0.127. The van der Waals surface area contributed by atoms with E-state index in [1.165, 1.54) is 25.8 Å². The molecule has 0 aliphatic heterocycles. The average Bonchev–Trinajstić information content (AvgIpc) is 3.17. The first kappa shape index (κ1) is 22.3. The van der Waals surface area contributed by atoms with Crippen molar-refractivity contribution in [1.82, 2.24) is 9.97 Å². The van der Waals surface area contributed by atoms with E-state index in [9.17, 15) is 18.0 Å². The van der Waals surface area contributed by atoms with Crippen LogP contribution < -0.4 is 10.5 Å². The summed E-state index contributed by atoms with van der Waals surface area (Å²) in [4.78, 5) is 19.3. The quantitative estimate of drug-likeness (QED) is 0.644. The van der Waals surface area contributed by atoms with Crippen molar-refractivity contribution in [3.63, 3.8) is 0 Å². The van der Waals surface area contributed by atoms with Crippen molar-refractivity contribution in [2.75, 3.05) is 7.11 Å². The lowest BCUT2D eigenvalue weighted by molar-refractivity contribution is -0.137. The number of halogens is 3. The largest absolute Gasteiger partial charge is 0.481 e. The Hall–Kier alpha value is -3.36. The predicted molar refractivity (Wildman–Crippen MR) is 108 cm³/mol. The van der Waals surface area contributed by atoms with Crippen LogP contribution >= 0.6 is 0 Å². The van der Waals surface area contributed by atoms with E-state index in [4.69, 9.17) is 14.9 Å². The molecule has 1 amide bonds. The number of oxazole rings is 1. The molecule has 0 fully saturated rings. The van der Waals surface area contributed by atoms with E-state index in [1.54, 1.807) is 13.3 Å². The molecule has 0 bridgehead atoms. The summed E-state index contributed by atoms with van der Waals surface area (Å²) in [6.45, 7) is 1.47. The second-order valence-corrected chi connectivity index (χ2v) is 7.13. The van der Waals surface area contributed by atoms with Gasteiger partial charge in [0.05, 0.1) is 18.4 Å². The molecule has 2 aromatic heterocycles. The van der Waals surface area contributed by atoms with Gasteiger partial charge in [0.25, 0.3) is 0 Å².